The molecule has 0 aromatic carbocycles. The highest BCUT2D eigenvalue weighted by Gasteiger charge is 2.12. The first kappa shape index (κ1) is 13.1. The molecule has 4 nitrogen and oxygen atoms in total. The van der Waals surface area contributed by atoms with Crippen molar-refractivity contribution in [1.29, 1.82) is 0 Å². The first-order chi connectivity index (χ1) is 8.60. The van der Waals surface area contributed by atoms with Crippen LogP contribution >= 0.6 is 11.6 Å². The second kappa shape index (κ2) is 5.50. The molecule has 0 aliphatic rings. The highest BCUT2D eigenvalue weighted by atomic mass is 35.5. The number of hydrogen-bond acceptors (Lipinski definition) is 3. The van der Waals surface area contributed by atoms with Gasteiger partial charge in [-0.3, -0.25) is 4.68 Å². The molecule has 5 heteroatoms. The zero-order valence-corrected chi connectivity index (χ0v) is 11.2. The van der Waals surface area contributed by atoms with E-state index < -0.39 is 6.10 Å². The summed E-state index contributed by atoms with van der Waals surface area (Å²) >= 11 is 5.72. The molecule has 2 heterocycles. The number of rotatable bonds is 4. The number of aliphatic hydroxyl groups excluding tert-OH is 1. The minimum absolute atomic E-state index is 0.430. The second-order valence-corrected chi connectivity index (χ2v) is 4.63. The number of aliphatic hydroxyl groups is 1. The Balaban J connectivity index is 2.13. The standard InChI is InChI=1S/C13H16ClN3O/c1-3-10-6-11(17(2)16-10)7-12(18)9-4-5-13(14)15-8-9/h4-6,8,12,18H,3,7H2,1-2H3. The number of aromatic nitrogens is 3. The minimum Gasteiger partial charge on any atom is -0.388 e. The van der Waals surface area contributed by atoms with E-state index in [1.54, 1.807) is 18.3 Å². The first-order valence-corrected chi connectivity index (χ1v) is 6.29. The lowest BCUT2D eigenvalue weighted by Gasteiger charge is -2.10. The molecule has 0 saturated carbocycles. The average Bonchev–Trinajstić information content (AvgIpc) is 2.71. The van der Waals surface area contributed by atoms with Gasteiger partial charge in [0.2, 0.25) is 0 Å². The van der Waals surface area contributed by atoms with Crippen molar-refractivity contribution in [2.75, 3.05) is 0 Å². The Morgan fingerprint density at radius 2 is 2.22 bits per heavy atom. The normalized spacial score (nSPS) is 12.7. The van der Waals surface area contributed by atoms with Crippen LogP contribution in [0.15, 0.2) is 24.4 Å². The fourth-order valence-corrected chi connectivity index (χ4v) is 1.95. The first-order valence-electron chi connectivity index (χ1n) is 5.91. The predicted octanol–water partition coefficient (Wildman–Crippen LogP) is 2.31. The molecule has 2 aromatic rings. The average molecular weight is 266 g/mol. The molecule has 1 N–H and O–H groups in total. The highest BCUT2D eigenvalue weighted by Crippen LogP contribution is 2.19. The topological polar surface area (TPSA) is 50.9 Å². The van der Waals surface area contributed by atoms with E-state index in [-0.39, 0.29) is 0 Å². The number of nitrogens with zero attached hydrogens (tertiary/aromatic N) is 3. The van der Waals surface area contributed by atoms with Gasteiger partial charge in [0.05, 0.1) is 11.8 Å². The second-order valence-electron chi connectivity index (χ2n) is 4.24. The SMILES string of the molecule is CCc1cc(CC(O)c2ccc(Cl)nc2)n(C)n1. The highest BCUT2D eigenvalue weighted by molar-refractivity contribution is 6.29. The summed E-state index contributed by atoms with van der Waals surface area (Å²) in [6.07, 6.45) is 2.43. The van der Waals surface area contributed by atoms with Gasteiger partial charge in [-0.2, -0.15) is 5.10 Å². The molecule has 0 spiro atoms. The molecule has 1 atom stereocenters. The van der Waals surface area contributed by atoms with Gasteiger partial charge in [0.1, 0.15) is 5.15 Å². The summed E-state index contributed by atoms with van der Waals surface area (Å²) in [6, 6.07) is 5.49. The van der Waals surface area contributed by atoms with E-state index in [2.05, 4.69) is 17.0 Å². The molecule has 0 radical (unpaired) electrons. The Kier molecular flexibility index (Phi) is 3.99. The molecule has 96 valence electrons. The number of aryl methyl sites for hydroxylation is 2. The lowest BCUT2D eigenvalue weighted by Crippen LogP contribution is -2.06. The maximum atomic E-state index is 10.1. The van der Waals surface area contributed by atoms with Crippen molar-refractivity contribution in [1.82, 2.24) is 14.8 Å². The fourth-order valence-electron chi connectivity index (χ4n) is 1.84. The zero-order chi connectivity index (χ0) is 13.1. The van der Waals surface area contributed by atoms with Crippen LogP contribution in [0.2, 0.25) is 5.15 Å². The van der Waals surface area contributed by atoms with Crippen LogP contribution in [0.4, 0.5) is 0 Å². The molecule has 0 amide bonds. The van der Waals surface area contributed by atoms with Crippen molar-refractivity contribution in [3.63, 3.8) is 0 Å². The Labute approximate surface area is 111 Å². The van der Waals surface area contributed by atoms with E-state index in [9.17, 15) is 5.11 Å². The van der Waals surface area contributed by atoms with Crippen LogP contribution in [0.3, 0.4) is 0 Å². The van der Waals surface area contributed by atoms with E-state index in [4.69, 9.17) is 11.6 Å². The molecule has 0 bridgehead atoms. The molecule has 1 unspecified atom stereocenters. The Hall–Kier alpha value is -1.39. The minimum atomic E-state index is -0.588. The number of hydrogen-bond donors (Lipinski definition) is 1. The van der Waals surface area contributed by atoms with Gasteiger partial charge in [-0.05, 0) is 24.1 Å². The van der Waals surface area contributed by atoms with Crippen molar-refractivity contribution in [2.24, 2.45) is 7.05 Å². The van der Waals surface area contributed by atoms with Crippen molar-refractivity contribution < 1.29 is 5.11 Å². The van der Waals surface area contributed by atoms with Gasteiger partial charge in [-0.1, -0.05) is 24.6 Å². The van der Waals surface area contributed by atoms with Gasteiger partial charge in [0, 0.05) is 25.4 Å². The summed E-state index contributed by atoms with van der Waals surface area (Å²) in [4.78, 5) is 3.97. The van der Waals surface area contributed by atoms with E-state index in [0.29, 0.717) is 11.6 Å². The smallest absolute Gasteiger partial charge is 0.129 e. The van der Waals surface area contributed by atoms with Crippen LogP contribution in [0.25, 0.3) is 0 Å². The summed E-state index contributed by atoms with van der Waals surface area (Å²) in [7, 11) is 1.89. The van der Waals surface area contributed by atoms with E-state index in [1.807, 2.05) is 17.8 Å². The van der Waals surface area contributed by atoms with Crippen molar-refractivity contribution >= 4 is 11.6 Å². The van der Waals surface area contributed by atoms with E-state index in [0.717, 1.165) is 23.4 Å². The van der Waals surface area contributed by atoms with Crippen molar-refractivity contribution in [3.8, 4) is 0 Å². The van der Waals surface area contributed by atoms with Crippen LogP contribution in [-0.4, -0.2) is 19.9 Å². The number of halogens is 1. The third-order valence-corrected chi connectivity index (χ3v) is 3.15. The molecular formula is C13H16ClN3O. The monoisotopic (exact) mass is 265 g/mol. The molecule has 2 aromatic heterocycles. The molecule has 0 aliphatic carbocycles. The van der Waals surface area contributed by atoms with Crippen LogP contribution in [0.5, 0.6) is 0 Å². The van der Waals surface area contributed by atoms with Crippen LogP contribution < -0.4 is 0 Å². The number of pyridine rings is 1. The van der Waals surface area contributed by atoms with Gasteiger partial charge in [0.25, 0.3) is 0 Å². The third kappa shape index (κ3) is 2.89. The predicted molar refractivity (Wildman–Crippen MR) is 70.5 cm³/mol. The third-order valence-electron chi connectivity index (χ3n) is 2.93. The summed E-state index contributed by atoms with van der Waals surface area (Å²) in [6.45, 7) is 2.06. The van der Waals surface area contributed by atoms with E-state index in [1.165, 1.54) is 0 Å². The molecular weight excluding hydrogens is 250 g/mol. The molecule has 0 saturated heterocycles. The van der Waals surface area contributed by atoms with Crippen LogP contribution in [0.1, 0.15) is 30.0 Å². The molecule has 18 heavy (non-hydrogen) atoms. The summed E-state index contributed by atoms with van der Waals surface area (Å²) < 4.78 is 1.81. The Morgan fingerprint density at radius 1 is 1.44 bits per heavy atom. The lowest BCUT2D eigenvalue weighted by molar-refractivity contribution is 0.175. The van der Waals surface area contributed by atoms with Gasteiger partial charge in [-0.15, -0.1) is 0 Å². The quantitative estimate of drug-likeness (QED) is 0.863. The van der Waals surface area contributed by atoms with Gasteiger partial charge >= 0.3 is 0 Å². The Bertz CT molecular complexity index is 522. The largest absolute Gasteiger partial charge is 0.388 e. The fraction of sp³-hybridized carbons (Fsp3) is 0.385. The maximum absolute atomic E-state index is 10.1. The Morgan fingerprint density at radius 3 is 2.78 bits per heavy atom. The van der Waals surface area contributed by atoms with Crippen LogP contribution in [-0.2, 0) is 19.9 Å². The van der Waals surface area contributed by atoms with E-state index >= 15 is 0 Å². The van der Waals surface area contributed by atoms with Crippen LogP contribution in [0, 0.1) is 0 Å². The summed E-state index contributed by atoms with van der Waals surface area (Å²) in [5.74, 6) is 0. The maximum Gasteiger partial charge on any atom is 0.129 e. The summed E-state index contributed by atoms with van der Waals surface area (Å²) in [5.41, 5.74) is 2.81. The van der Waals surface area contributed by atoms with Gasteiger partial charge < -0.3 is 5.11 Å². The van der Waals surface area contributed by atoms with Gasteiger partial charge in [-0.25, -0.2) is 4.98 Å². The van der Waals surface area contributed by atoms with Crippen molar-refractivity contribution in [2.45, 2.75) is 25.9 Å². The molecule has 0 aliphatic heterocycles. The zero-order valence-electron chi connectivity index (χ0n) is 10.5. The molecule has 2 rings (SSSR count). The molecule has 0 fully saturated rings. The summed E-state index contributed by atoms with van der Waals surface area (Å²) in [5, 5.41) is 14.9. The van der Waals surface area contributed by atoms with Gasteiger partial charge in [0.15, 0.2) is 0 Å². The van der Waals surface area contributed by atoms with Crippen molar-refractivity contribution in [3.05, 3.63) is 46.5 Å². The lowest BCUT2D eigenvalue weighted by atomic mass is 10.1.